The fraction of sp³-hybridized carbons (Fsp3) is 0.300. The number of nitrogens with zero attached hydrogens (tertiary/aromatic N) is 2. The summed E-state index contributed by atoms with van der Waals surface area (Å²) in [5, 5.41) is 10.8. The number of hydrogen-bond donors (Lipinski definition) is 0. The van der Waals surface area contributed by atoms with Crippen LogP contribution in [0, 0.1) is 10.1 Å². The monoisotopic (exact) mass is 276 g/mol. The molecule has 0 fully saturated rings. The van der Waals surface area contributed by atoms with Crippen molar-refractivity contribution < 1.29 is 9.72 Å². The highest BCUT2D eigenvalue weighted by molar-refractivity contribution is 6.31. The lowest BCUT2D eigenvalue weighted by Crippen LogP contribution is -2.28. The number of carbonyl (C=O) groups excluding carboxylic acids is 1. The van der Waals surface area contributed by atoms with Crippen LogP contribution in [0.4, 0.5) is 5.69 Å². The Morgan fingerprint density at radius 3 is 2.65 bits per heavy atom. The molecule has 7 heteroatoms. The van der Waals surface area contributed by atoms with Crippen LogP contribution in [0.3, 0.4) is 0 Å². The second-order valence-electron chi connectivity index (χ2n) is 3.37. The molecule has 0 heterocycles. The van der Waals surface area contributed by atoms with Gasteiger partial charge < -0.3 is 4.90 Å². The van der Waals surface area contributed by atoms with E-state index in [2.05, 4.69) is 0 Å². The molecule has 0 bridgehead atoms. The highest BCUT2D eigenvalue weighted by Gasteiger charge is 2.16. The van der Waals surface area contributed by atoms with Crippen molar-refractivity contribution in [2.75, 3.05) is 19.5 Å². The molecule has 0 radical (unpaired) electrons. The van der Waals surface area contributed by atoms with E-state index in [1.54, 1.807) is 7.05 Å². The predicted octanol–water partition coefficient (Wildman–Crippen LogP) is 2.56. The first-order valence-electron chi connectivity index (χ1n) is 4.72. The van der Waals surface area contributed by atoms with Crippen LogP contribution >= 0.6 is 23.2 Å². The molecule has 1 rings (SSSR count). The molecule has 0 atom stereocenters. The highest BCUT2D eigenvalue weighted by Crippen LogP contribution is 2.21. The number of nitro groups is 1. The van der Waals surface area contributed by atoms with Crippen LogP contribution in [0.25, 0.3) is 0 Å². The summed E-state index contributed by atoms with van der Waals surface area (Å²) >= 11 is 11.2. The van der Waals surface area contributed by atoms with E-state index in [9.17, 15) is 14.9 Å². The van der Waals surface area contributed by atoms with Gasteiger partial charge in [0.05, 0.1) is 4.92 Å². The average molecular weight is 277 g/mol. The summed E-state index contributed by atoms with van der Waals surface area (Å²) < 4.78 is 0. The van der Waals surface area contributed by atoms with E-state index in [0.717, 1.165) is 0 Å². The minimum atomic E-state index is -0.593. The maximum absolute atomic E-state index is 11.8. The summed E-state index contributed by atoms with van der Waals surface area (Å²) in [6.45, 7) is 0.362. The Labute approximate surface area is 108 Å². The molecule has 0 spiro atoms. The van der Waals surface area contributed by atoms with E-state index in [0.29, 0.717) is 12.4 Å². The Balaban J connectivity index is 3.05. The Morgan fingerprint density at radius 2 is 2.12 bits per heavy atom. The standard InChI is InChI=1S/C10H10Cl2N2O3/c1-13(3-2-11)10(15)7-4-8(12)6-9(5-7)14(16)17/h4-6H,2-3H2,1H3. The van der Waals surface area contributed by atoms with Crippen LogP contribution < -0.4 is 0 Å². The van der Waals surface area contributed by atoms with Crippen molar-refractivity contribution in [2.24, 2.45) is 0 Å². The summed E-state index contributed by atoms with van der Waals surface area (Å²) in [4.78, 5) is 23.3. The summed E-state index contributed by atoms with van der Waals surface area (Å²) in [6.07, 6.45) is 0. The molecule has 0 saturated heterocycles. The van der Waals surface area contributed by atoms with Gasteiger partial charge in [-0.05, 0) is 6.07 Å². The molecule has 0 unspecified atom stereocenters. The van der Waals surface area contributed by atoms with Crippen LogP contribution in [0.15, 0.2) is 18.2 Å². The summed E-state index contributed by atoms with van der Waals surface area (Å²) in [5.41, 5.74) is -0.0306. The van der Waals surface area contributed by atoms with Crippen LogP contribution in [0.1, 0.15) is 10.4 Å². The zero-order valence-corrected chi connectivity index (χ0v) is 10.5. The van der Waals surface area contributed by atoms with Crippen molar-refractivity contribution >= 4 is 34.8 Å². The average Bonchev–Trinajstić information content (AvgIpc) is 2.27. The number of benzene rings is 1. The molecule has 0 aliphatic carbocycles. The number of alkyl halides is 1. The molecule has 0 N–H and O–H groups in total. The third-order valence-corrected chi connectivity index (χ3v) is 2.49. The van der Waals surface area contributed by atoms with Gasteiger partial charge >= 0.3 is 0 Å². The SMILES string of the molecule is CN(CCCl)C(=O)c1cc(Cl)cc([N+](=O)[O-])c1. The lowest BCUT2D eigenvalue weighted by Gasteiger charge is -2.15. The van der Waals surface area contributed by atoms with Crippen molar-refractivity contribution in [3.05, 3.63) is 38.9 Å². The van der Waals surface area contributed by atoms with Crippen molar-refractivity contribution in [3.8, 4) is 0 Å². The Morgan fingerprint density at radius 1 is 1.47 bits per heavy atom. The molecular formula is C10H10Cl2N2O3. The molecule has 17 heavy (non-hydrogen) atoms. The van der Waals surface area contributed by atoms with Crippen LogP contribution in [-0.4, -0.2) is 35.2 Å². The first kappa shape index (κ1) is 13.7. The first-order valence-corrected chi connectivity index (χ1v) is 5.63. The van der Waals surface area contributed by atoms with Crippen LogP contribution in [-0.2, 0) is 0 Å². The lowest BCUT2D eigenvalue weighted by atomic mass is 10.2. The van der Waals surface area contributed by atoms with E-state index >= 15 is 0 Å². The van der Waals surface area contributed by atoms with Gasteiger partial charge in [-0.1, -0.05) is 11.6 Å². The third kappa shape index (κ3) is 3.57. The third-order valence-electron chi connectivity index (χ3n) is 2.11. The van der Waals surface area contributed by atoms with Gasteiger partial charge in [0.1, 0.15) is 0 Å². The number of rotatable bonds is 4. The number of carbonyl (C=O) groups is 1. The molecular weight excluding hydrogens is 267 g/mol. The van der Waals surface area contributed by atoms with Gasteiger partial charge in [-0.25, -0.2) is 0 Å². The number of nitro benzene ring substituents is 1. The minimum Gasteiger partial charge on any atom is -0.341 e. The molecule has 92 valence electrons. The van der Waals surface area contributed by atoms with Gasteiger partial charge in [0.2, 0.25) is 0 Å². The van der Waals surface area contributed by atoms with E-state index in [4.69, 9.17) is 23.2 Å². The predicted molar refractivity (Wildman–Crippen MR) is 65.8 cm³/mol. The van der Waals surface area contributed by atoms with Crippen LogP contribution in [0.2, 0.25) is 5.02 Å². The van der Waals surface area contributed by atoms with Crippen molar-refractivity contribution in [1.29, 1.82) is 0 Å². The van der Waals surface area contributed by atoms with Gasteiger partial charge in [0.15, 0.2) is 0 Å². The number of amides is 1. The molecule has 1 aromatic carbocycles. The molecule has 0 aliphatic heterocycles. The normalized spacial score (nSPS) is 10.1. The summed E-state index contributed by atoms with van der Waals surface area (Å²) in [5.74, 6) is -0.0542. The van der Waals surface area contributed by atoms with Gasteiger partial charge in [0.25, 0.3) is 11.6 Å². The topological polar surface area (TPSA) is 63.5 Å². The Bertz CT molecular complexity index is 451. The van der Waals surface area contributed by atoms with Crippen LogP contribution in [0.5, 0.6) is 0 Å². The van der Waals surface area contributed by atoms with E-state index in [1.165, 1.54) is 23.1 Å². The maximum Gasteiger partial charge on any atom is 0.271 e. The van der Waals surface area contributed by atoms with E-state index in [-0.39, 0.29) is 22.2 Å². The second-order valence-corrected chi connectivity index (χ2v) is 4.19. The molecule has 0 saturated carbocycles. The highest BCUT2D eigenvalue weighted by atomic mass is 35.5. The number of halogens is 2. The first-order chi connectivity index (χ1) is 7.95. The van der Waals surface area contributed by atoms with Gasteiger partial charge in [-0.15, -0.1) is 11.6 Å². The lowest BCUT2D eigenvalue weighted by molar-refractivity contribution is -0.384. The van der Waals surface area contributed by atoms with Crippen molar-refractivity contribution in [3.63, 3.8) is 0 Å². The number of hydrogen-bond acceptors (Lipinski definition) is 3. The van der Waals surface area contributed by atoms with Gasteiger partial charge in [0, 0.05) is 42.2 Å². The second kappa shape index (κ2) is 5.84. The van der Waals surface area contributed by atoms with Crippen molar-refractivity contribution in [2.45, 2.75) is 0 Å². The fourth-order valence-corrected chi connectivity index (χ4v) is 1.73. The Hall–Kier alpha value is -1.33. The molecule has 0 aliphatic rings. The zero-order chi connectivity index (χ0) is 13.0. The minimum absolute atomic E-state index is 0.154. The molecule has 1 amide bonds. The fourth-order valence-electron chi connectivity index (χ4n) is 1.25. The van der Waals surface area contributed by atoms with Gasteiger partial charge in [-0.3, -0.25) is 14.9 Å². The van der Waals surface area contributed by atoms with E-state index < -0.39 is 4.92 Å². The molecule has 1 aromatic rings. The molecule has 5 nitrogen and oxygen atoms in total. The largest absolute Gasteiger partial charge is 0.341 e. The smallest absolute Gasteiger partial charge is 0.271 e. The van der Waals surface area contributed by atoms with Gasteiger partial charge in [-0.2, -0.15) is 0 Å². The van der Waals surface area contributed by atoms with Crippen molar-refractivity contribution in [1.82, 2.24) is 4.90 Å². The summed E-state index contributed by atoms with van der Waals surface area (Å²) in [7, 11) is 1.57. The molecule has 0 aromatic heterocycles. The van der Waals surface area contributed by atoms with E-state index in [1.807, 2.05) is 0 Å². The Kier molecular flexibility index (Phi) is 4.72. The zero-order valence-electron chi connectivity index (χ0n) is 9.02. The maximum atomic E-state index is 11.8. The summed E-state index contributed by atoms with van der Waals surface area (Å²) in [6, 6.07) is 3.78. The quantitative estimate of drug-likeness (QED) is 0.482. The number of non-ortho nitro benzene ring substituents is 1.